The molecule has 0 unspecified atom stereocenters. The third-order valence-corrected chi connectivity index (χ3v) is 7.75. The maximum Gasteiger partial charge on any atom is 0.158 e. The summed E-state index contributed by atoms with van der Waals surface area (Å²) >= 11 is 5.67. The van der Waals surface area contributed by atoms with Gasteiger partial charge in [-0.1, -0.05) is 17.7 Å². The molecule has 4 nitrogen and oxygen atoms in total. The molecular weight excluding hydrogens is 329 g/mol. The summed E-state index contributed by atoms with van der Waals surface area (Å²) in [7, 11) is -1.48. The van der Waals surface area contributed by atoms with E-state index in [1.54, 1.807) is 13.2 Å². The number of ether oxygens (including phenoxy) is 1. The van der Waals surface area contributed by atoms with Crippen molar-refractivity contribution in [1.29, 1.82) is 0 Å². The first-order valence-corrected chi connectivity index (χ1v) is 9.28. The van der Waals surface area contributed by atoms with Gasteiger partial charge >= 0.3 is 0 Å². The van der Waals surface area contributed by atoms with Crippen molar-refractivity contribution < 1.29 is 17.5 Å². The molecule has 2 heterocycles. The van der Waals surface area contributed by atoms with E-state index >= 15 is 0 Å². The Balaban J connectivity index is 1.70. The monoisotopic (exact) mass is 347 g/mol. The molecule has 2 saturated heterocycles. The van der Waals surface area contributed by atoms with Crippen LogP contribution in [0, 0.1) is 11.7 Å². The average molecular weight is 348 g/mol. The highest BCUT2D eigenvalue weighted by molar-refractivity contribution is 7.93. The van der Waals surface area contributed by atoms with E-state index in [1.807, 2.05) is 4.90 Å². The number of halogens is 2. The number of benzene rings is 1. The second-order valence-corrected chi connectivity index (χ2v) is 9.08. The molecular formula is C15H19ClFNO3S. The maximum absolute atomic E-state index is 13.5. The van der Waals surface area contributed by atoms with Crippen molar-refractivity contribution in [3.8, 4) is 0 Å². The summed E-state index contributed by atoms with van der Waals surface area (Å²) in [6.45, 7) is 1.99. The van der Waals surface area contributed by atoms with E-state index in [0.717, 1.165) is 5.56 Å². The van der Waals surface area contributed by atoms with E-state index < -0.39 is 20.4 Å². The molecule has 0 aliphatic carbocycles. The molecule has 2 aliphatic rings. The van der Waals surface area contributed by atoms with Gasteiger partial charge in [-0.2, -0.15) is 0 Å². The van der Waals surface area contributed by atoms with E-state index in [9.17, 15) is 12.8 Å². The van der Waals surface area contributed by atoms with Gasteiger partial charge in [0.15, 0.2) is 9.84 Å². The molecule has 2 aliphatic heterocycles. The van der Waals surface area contributed by atoms with Gasteiger partial charge in [-0.25, -0.2) is 12.8 Å². The number of methoxy groups -OCH3 is 1. The van der Waals surface area contributed by atoms with Crippen LogP contribution in [0.15, 0.2) is 18.2 Å². The van der Waals surface area contributed by atoms with Crippen molar-refractivity contribution in [1.82, 2.24) is 4.90 Å². The molecule has 0 radical (unpaired) electrons. The van der Waals surface area contributed by atoms with Crippen molar-refractivity contribution >= 4 is 21.4 Å². The number of sulfone groups is 1. The third kappa shape index (κ3) is 2.56. The Hall–Kier alpha value is -0.690. The first-order chi connectivity index (χ1) is 10.4. The number of nitrogens with zero attached hydrogens (tertiary/aromatic N) is 1. The Labute approximate surface area is 135 Å². The van der Waals surface area contributed by atoms with Crippen LogP contribution in [0.1, 0.15) is 12.0 Å². The van der Waals surface area contributed by atoms with Crippen molar-refractivity contribution in [2.75, 3.05) is 32.6 Å². The summed E-state index contributed by atoms with van der Waals surface area (Å²) < 4.78 is 42.8. The fourth-order valence-corrected chi connectivity index (χ4v) is 6.20. The van der Waals surface area contributed by atoms with Crippen LogP contribution in [-0.4, -0.2) is 50.6 Å². The van der Waals surface area contributed by atoms with Gasteiger partial charge in [0.2, 0.25) is 0 Å². The van der Waals surface area contributed by atoms with Crippen LogP contribution < -0.4 is 0 Å². The van der Waals surface area contributed by atoms with E-state index in [-0.39, 0.29) is 16.7 Å². The molecule has 0 N–H and O–H groups in total. The lowest BCUT2D eigenvalue weighted by atomic mass is 9.83. The first-order valence-electron chi connectivity index (χ1n) is 7.25. The van der Waals surface area contributed by atoms with Crippen LogP contribution in [0.2, 0.25) is 5.02 Å². The van der Waals surface area contributed by atoms with Crippen LogP contribution in [0.3, 0.4) is 0 Å². The molecule has 0 bridgehead atoms. The first kappa shape index (κ1) is 16.2. The van der Waals surface area contributed by atoms with Crippen molar-refractivity contribution in [2.45, 2.75) is 17.7 Å². The molecule has 0 saturated carbocycles. The summed E-state index contributed by atoms with van der Waals surface area (Å²) in [5, 5.41) is 0.0994. The Morgan fingerprint density at radius 3 is 2.82 bits per heavy atom. The van der Waals surface area contributed by atoms with Gasteiger partial charge in [0.05, 0.1) is 17.4 Å². The summed E-state index contributed by atoms with van der Waals surface area (Å²) in [4.78, 5) is 2.04. The lowest BCUT2D eigenvalue weighted by molar-refractivity contribution is 0.0411. The van der Waals surface area contributed by atoms with E-state index in [1.165, 1.54) is 12.1 Å². The normalized spacial score (nSPS) is 26.2. The zero-order valence-corrected chi connectivity index (χ0v) is 14.0. The molecule has 7 heteroatoms. The van der Waals surface area contributed by atoms with Gasteiger partial charge in [0, 0.05) is 32.7 Å². The summed E-state index contributed by atoms with van der Waals surface area (Å²) in [6, 6.07) is 4.71. The number of hydrogen-bond acceptors (Lipinski definition) is 4. The molecule has 1 aromatic carbocycles. The fraction of sp³-hybridized carbons (Fsp3) is 0.600. The van der Waals surface area contributed by atoms with E-state index in [2.05, 4.69) is 0 Å². The van der Waals surface area contributed by atoms with Crippen molar-refractivity contribution in [3.05, 3.63) is 34.6 Å². The third-order valence-electron chi connectivity index (χ3n) is 4.84. The molecule has 1 atom stereocenters. The van der Waals surface area contributed by atoms with Gasteiger partial charge in [-0.3, -0.25) is 4.90 Å². The highest BCUT2D eigenvalue weighted by Crippen LogP contribution is 2.45. The second kappa shape index (κ2) is 5.74. The van der Waals surface area contributed by atoms with Crippen LogP contribution >= 0.6 is 11.6 Å². The standard InChI is InChI=1S/C15H19ClFNO3S/c1-21-8-12-4-5-22(19,20)15(12)9-18(10-15)7-11-2-3-13(16)14(17)6-11/h2-3,6,12H,4-5,7-10H2,1H3/t12-/m1/s1. The average Bonchev–Trinajstić information content (AvgIpc) is 2.67. The lowest BCUT2D eigenvalue weighted by Gasteiger charge is -2.50. The Bertz CT molecular complexity index is 673. The van der Waals surface area contributed by atoms with Crippen molar-refractivity contribution in [2.24, 2.45) is 5.92 Å². The number of rotatable bonds is 4. The van der Waals surface area contributed by atoms with E-state index in [0.29, 0.717) is 32.7 Å². The van der Waals surface area contributed by atoms with Crippen LogP contribution in [0.4, 0.5) is 4.39 Å². The van der Waals surface area contributed by atoms with Gasteiger partial charge in [0.25, 0.3) is 0 Å². The van der Waals surface area contributed by atoms with Gasteiger partial charge < -0.3 is 4.74 Å². The van der Waals surface area contributed by atoms with Crippen LogP contribution in [-0.2, 0) is 21.1 Å². The minimum absolute atomic E-state index is 0.0562. The van der Waals surface area contributed by atoms with Gasteiger partial charge in [0.1, 0.15) is 10.6 Å². The minimum atomic E-state index is -3.08. The SMILES string of the molecule is COC[C@H]1CCS(=O)(=O)C12CN(Cc1ccc(Cl)c(F)c1)C2. The predicted octanol–water partition coefficient (Wildman–Crippen LogP) is 2.11. The smallest absolute Gasteiger partial charge is 0.158 e. The summed E-state index contributed by atoms with van der Waals surface area (Å²) in [5.74, 6) is -0.148. The maximum atomic E-state index is 13.5. The highest BCUT2D eigenvalue weighted by Gasteiger charge is 2.61. The van der Waals surface area contributed by atoms with Gasteiger partial charge in [-0.05, 0) is 24.1 Å². The molecule has 0 aromatic heterocycles. The van der Waals surface area contributed by atoms with Gasteiger partial charge in [-0.15, -0.1) is 0 Å². The molecule has 3 rings (SSSR count). The number of hydrogen-bond donors (Lipinski definition) is 0. The fourth-order valence-electron chi connectivity index (χ4n) is 3.63. The van der Waals surface area contributed by atoms with Crippen molar-refractivity contribution in [3.63, 3.8) is 0 Å². The highest BCUT2D eigenvalue weighted by atomic mass is 35.5. The zero-order chi connectivity index (χ0) is 16.0. The predicted molar refractivity (Wildman–Crippen MR) is 83.2 cm³/mol. The Morgan fingerprint density at radius 1 is 1.45 bits per heavy atom. The quantitative estimate of drug-likeness (QED) is 0.837. The largest absolute Gasteiger partial charge is 0.384 e. The van der Waals surface area contributed by atoms with Crippen LogP contribution in [0.5, 0.6) is 0 Å². The Morgan fingerprint density at radius 2 is 2.18 bits per heavy atom. The molecule has 1 spiro atoms. The molecule has 1 aromatic rings. The molecule has 0 amide bonds. The van der Waals surface area contributed by atoms with Crippen LogP contribution in [0.25, 0.3) is 0 Å². The second-order valence-electron chi connectivity index (χ2n) is 6.22. The molecule has 122 valence electrons. The molecule has 22 heavy (non-hydrogen) atoms. The van der Waals surface area contributed by atoms with E-state index in [4.69, 9.17) is 16.3 Å². The summed E-state index contributed by atoms with van der Waals surface area (Å²) in [6.07, 6.45) is 0.666. The topological polar surface area (TPSA) is 46.6 Å². The zero-order valence-electron chi connectivity index (χ0n) is 12.4. The minimum Gasteiger partial charge on any atom is -0.384 e. The molecule has 2 fully saturated rings. The summed E-state index contributed by atoms with van der Waals surface area (Å²) in [5.41, 5.74) is 0.801. The Kier molecular flexibility index (Phi) is 4.22. The lowest BCUT2D eigenvalue weighted by Crippen LogP contribution is -2.67. The number of likely N-dealkylation sites (tertiary alicyclic amines) is 1.